The van der Waals surface area contributed by atoms with Crippen LogP contribution in [0.5, 0.6) is 5.75 Å². The highest BCUT2D eigenvalue weighted by molar-refractivity contribution is 5.89. The third-order valence-corrected chi connectivity index (χ3v) is 4.32. The Kier molecular flexibility index (Phi) is 3.42. The first-order valence-corrected chi connectivity index (χ1v) is 7.00. The Balaban J connectivity index is 1.96. The smallest absolute Gasteiger partial charge is 0.316 e. The van der Waals surface area contributed by atoms with E-state index >= 15 is 0 Å². The highest BCUT2D eigenvalue weighted by Crippen LogP contribution is 2.61. The molecule has 0 unspecified atom stereocenters. The highest BCUT2D eigenvalue weighted by Gasteiger charge is 2.62. The summed E-state index contributed by atoms with van der Waals surface area (Å²) in [5.74, 6) is 0.829. The molecule has 0 N–H and O–H groups in total. The van der Waals surface area contributed by atoms with Crippen molar-refractivity contribution in [1.82, 2.24) is 0 Å². The second-order valence-electron chi connectivity index (χ2n) is 5.36. The summed E-state index contributed by atoms with van der Waals surface area (Å²) in [6, 6.07) is 17.8. The number of carbonyl (C=O) groups excluding carboxylic acids is 1. The van der Waals surface area contributed by atoms with Crippen molar-refractivity contribution in [2.45, 2.75) is 17.8 Å². The van der Waals surface area contributed by atoms with Gasteiger partial charge < -0.3 is 9.47 Å². The van der Waals surface area contributed by atoms with E-state index in [1.165, 1.54) is 7.11 Å². The van der Waals surface area contributed by atoms with Crippen LogP contribution in [-0.2, 0) is 14.9 Å². The average Bonchev–Trinajstić information content (AvgIpc) is 3.32. The van der Waals surface area contributed by atoms with Crippen LogP contribution in [0.15, 0.2) is 54.6 Å². The lowest BCUT2D eigenvalue weighted by Gasteiger charge is -2.16. The predicted octanol–water partition coefficient (Wildman–Crippen LogP) is 3.29. The van der Waals surface area contributed by atoms with Crippen molar-refractivity contribution in [3.8, 4) is 5.75 Å². The van der Waals surface area contributed by atoms with Gasteiger partial charge in [-0.1, -0.05) is 42.5 Å². The Labute approximate surface area is 124 Å². The van der Waals surface area contributed by atoms with Crippen LogP contribution in [-0.4, -0.2) is 20.2 Å². The van der Waals surface area contributed by atoms with E-state index in [1.807, 2.05) is 54.6 Å². The predicted molar refractivity (Wildman–Crippen MR) is 80.5 cm³/mol. The molecule has 0 amide bonds. The van der Waals surface area contributed by atoms with E-state index in [0.29, 0.717) is 0 Å². The van der Waals surface area contributed by atoms with E-state index < -0.39 is 5.41 Å². The number of ether oxygens (including phenoxy) is 2. The maximum Gasteiger partial charge on any atom is 0.316 e. The Morgan fingerprint density at radius 3 is 2.29 bits per heavy atom. The zero-order valence-electron chi connectivity index (χ0n) is 12.2. The molecular formula is C18H18O3. The molecule has 0 saturated heterocycles. The van der Waals surface area contributed by atoms with E-state index in [4.69, 9.17) is 9.47 Å². The largest absolute Gasteiger partial charge is 0.497 e. The molecule has 1 fully saturated rings. The fraction of sp³-hybridized carbons (Fsp3) is 0.278. The van der Waals surface area contributed by atoms with Gasteiger partial charge in [0.15, 0.2) is 0 Å². The van der Waals surface area contributed by atoms with Gasteiger partial charge in [0, 0.05) is 5.92 Å². The number of hydrogen-bond acceptors (Lipinski definition) is 3. The third-order valence-electron chi connectivity index (χ3n) is 4.32. The summed E-state index contributed by atoms with van der Waals surface area (Å²) in [4.78, 5) is 12.4. The van der Waals surface area contributed by atoms with Crippen LogP contribution in [0.1, 0.15) is 23.5 Å². The Morgan fingerprint density at radius 1 is 1.05 bits per heavy atom. The van der Waals surface area contributed by atoms with Gasteiger partial charge in [-0.25, -0.2) is 0 Å². The van der Waals surface area contributed by atoms with Crippen molar-refractivity contribution in [2.24, 2.45) is 0 Å². The van der Waals surface area contributed by atoms with Gasteiger partial charge in [0.2, 0.25) is 0 Å². The maximum absolute atomic E-state index is 12.4. The monoisotopic (exact) mass is 282 g/mol. The zero-order chi connectivity index (χ0) is 14.9. The van der Waals surface area contributed by atoms with Gasteiger partial charge in [-0.3, -0.25) is 4.79 Å². The summed E-state index contributed by atoms with van der Waals surface area (Å²) in [5.41, 5.74) is 1.63. The highest BCUT2D eigenvalue weighted by atomic mass is 16.5. The number of carbonyl (C=O) groups is 1. The number of esters is 1. The molecule has 1 aliphatic carbocycles. The summed E-state index contributed by atoms with van der Waals surface area (Å²) in [5, 5.41) is 0. The Bertz CT molecular complexity index is 633. The van der Waals surface area contributed by atoms with Crippen molar-refractivity contribution >= 4 is 5.97 Å². The van der Waals surface area contributed by atoms with Gasteiger partial charge in [-0.15, -0.1) is 0 Å². The minimum Gasteiger partial charge on any atom is -0.497 e. The Morgan fingerprint density at radius 2 is 1.71 bits per heavy atom. The summed E-state index contributed by atoms with van der Waals surface area (Å²) in [6.45, 7) is 0. The van der Waals surface area contributed by atoms with Crippen molar-refractivity contribution < 1.29 is 14.3 Å². The molecule has 0 heterocycles. The summed E-state index contributed by atoms with van der Waals surface area (Å²) >= 11 is 0. The molecule has 3 nitrogen and oxygen atoms in total. The van der Waals surface area contributed by atoms with Gasteiger partial charge >= 0.3 is 5.97 Å². The molecule has 2 atom stereocenters. The number of benzene rings is 2. The average molecular weight is 282 g/mol. The fourth-order valence-corrected chi connectivity index (χ4v) is 3.08. The lowest BCUT2D eigenvalue weighted by atomic mass is 9.91. The standard InChI is InChI=1S/C18H18O3/c1-20-15-10-8-13(9-11-15)16-12-18(16,17(19)21-2)14-6-4-3-5-7-14/h3-11,16H,12H2,1-2H3/t16-,18-/m0/s1. The normalized spacial score (nSPS) is 23.4. The summed E-state index contributed by atoms with van der Waals surface area (Å²) in [6.07, 6.45) is 0.788. The molecule has 1 saturated carbocycles. The lowest BCUT2D eigenvalue weighted by Crippen LogP contribution is -2.24. The van der Waals surface area contributed by atoms with E-state index in [-0.39, 0.29) is 11.9 Å². The molecule has 1 aliphatic rings. The first-order valence-electron chi connectivity index (χ1n) is 7.00. The van der Waals surface area contributed by atoms with Crippen molar-refractivity contribution in [3.05, 3.63) is 65.7 Å². The van der Waals surface area contributed by atoms with Gasteiger partial charge in [0.05, 0.1) is 14.2 Å². The molecule has 3 rings (SSSR count). The van der Waals surface area contributed by atoms with Gasteiger partial charge in [0.1, 0.15) is 11.2 Å². The zero-order valence-corrected chi connectivity index (χ0v) is 12.2. The molecule has 0 aromatic heterocycles. The van der Waals surface area contributed by atoms with Crippen LogP contribution in [0.3, 0.4) is 0 Å². The molecular weight excluding hydrogens is 264 g/mol. The van der Waals surface area contributed by atoms with Gasteiger partial charge in [0.25, 0.3) is 0 Å². The van der Waals surface area contributed by atoms with E-state index in [0.717, 1.165) is 23.3 Å². The van der Waals surface area contributed by atoms with Crippen LogP contribution in [0.25, 0.3) is 0 Å². The second-order valence-corrected chi connectivity index (χ2v) is 5.36. The number of methoxy groups -OCH3 is 2. The first-order chi connectivity index (χ1) is 10.2. The minimum atomic E-state index is -0.537. The van der Waals surface area contributed by atoms with Gasteiger partial charge in [-0.2, -0.15) is 0 Å². The van der Waals surface area contributed by atoms with E-state index in [1.54, 1.807) is 7.11 Å². The maximum atomic E-state index is 12.4. The van der Waals surface area contributed by atoms with Crippen molar-refractivity contribution in [1.29, 1.82) is 0 Å². The van der Waals surface area contributed by atoms with Crippen LogP contribution < -0.4 is 4.74 Å². The quantitative estimate of drug-likeness (QED) is 0.807. The molecule has 0 aliphatic heterocycles. The van der Waals surface area contributed by atoms with Crippen LogP contribution in [0.2, 0.25) is 0 Å². The summed E-state index contributed by atoms with van der Waals surface area (Å²) in [7, 11) is 3.10. The number of rotatable bonds is 4. The topological polar surface area (TPSA) is 35.5 Å². The Hall–Kier alpha value is -2.29. The molecule has 2 aromatic carbocycles. The fourth-order valence-electron chi connectivity index (χ4n) is 3.08. The molecule has 108 valence electrons. The molecule has 3 heteroatoms. The van der Waals surface area contributed by atoms with Crippen LogP contribution in [0.4, 0.5) is 0 Å². The second kappa shape index (κ2) is 5.24. The SMILES string of the molecule is COC(=O)[C@]1(c2ccccc2)C[C@H]1c1ccc(OC)cc1. The minimum absolute atomic E-state index is 0.158. The first kappa shape index (κ1) is 13.7. The van der Waals surface area contributed by atoms with E-state index in [2.05, 4.69) is 0 Å². The molecule has 0 spiro atoms. The molecule has 0 bridgehead atoms. The molecule has 2 aromatic rings. The van der Waals surface area contributed by atoms with E-state index in [9.17, 15) is 4.79 Å². The van der Waals surface area contributed by atoms with Crippen molar-refractivity contribution in [2.75, 3.05) is 14.2 Å². The van der Waals surface area contributed by atoms with Gasteiger partial charge in [-0.05, 0) is 29.7 Å². The summed E-state index contributed by atoms with van der Waals surface area (Å²) < 4.78 is 10.2. The lowest BCUT2D eigenvalue weighted by molar-refractivity contribution is -0.143. The van der Waals surface area contributed by atoms with Crippen molar-refractivity contribution in [3.63, 3.8) is 0 Å². The molecule has 0 radical (unpaired) electrons. The number of hydrogen-bond donors (Lipinski definition) is 0. The molecule has 21 heavy (non-hydrogen) atoms. The van der Waals surface area contributed by atoms with Crippen LogP contribution in [0, 0.1) is 0 Å². The van der Waals surface area contributed by atoms with Crippen LogP contribution >= 0.6 is 0 Å². The third kappa shape index (κ3) is 2.19.